The summed E-state index contributed by atoms with van der Waals surface area (Å²) in [7, 11) is 0. The van der Waals surface area contributed by atoms with Crippen LogP contribution in [0.25, 0.3) is 59.5 Å². The van der Waals surface area contributed by atoms with Gasteiger partial charge in [-0.15, -0.1) is 68.0 Å². The lowest BCUT2D eigenvalue weighted by Crippen LogP contribution is -1.72. The zero-order valence-corrected chi connectivity index (χ0v) is 22.6. The van der Waals surface area contributed by atoms with E-state index in [1.807, 2.05) is 45.3 Å². The molecule has 1 aromatic carbocycles. The molecule has 0 aliphatic carbocycles. The lowest BCUT2D eigenvalue weighted by molar-refractivity contribution is 1.81. The summed E-state index contributed by atoms with van der Waals surface area (Å²) in [5, 5.41) is 5.65. The summed E-state index contributed by atoms with van der Waals surface area (Å²) in [4.78, 5) is 12.1. The highest BCUT2D eigenvalue weighted by Gasteiger charge is 2.14. The van der Waals surface area contributed by atoms with Crippen LogP contribution in [0.1, 0.15) is 0 Å². The third-order valence-corrected chi connectivity index (χ3v) is 12.6. The second-order valence-corrected chi connectivity index (χ2v) is 14.0. The molecular weight excluding hydrogens is 529 g/mol. The number of hydrogen-bond donors (Lipinski definition) is 0. The van der Waals surface area contributed by atoms with Crippen molar-refractivity contribution in [3.63, 3.8) is 0 Å². The Labute approximate surface area is 221 Å². The molecule has 0 N–H and O–H groups in total. The maximum absolute atomic E-state index is 2.39. The number of fused-ring (bicyclic) bond motifs is 1. The standard InChI is InChI=1S/C28H16S6/c1-4-17(20-8-9-25(31-20)26-12-10-23(33-26)21-6-2-14-29-21)18-16-28(32-19(18)5-1)27-13-11-24(34-27)22-7-3-15-30-22/h1-16H. The highest BCUT2D eigenvalue weighted by atomic mass is 32.1. The van der Waals surface area contributed by atoms with Crippen molar-refractivity contribution in [2.45, 2.75) is 0 Å². The van der Waals surface area contributed by atoms with Crippen LogP contribution < -0.4 is 0 Å². The Morgan fingerprint density at radius 1 is 0.382 bits per heavy atom. The Morgan fingerprint density at radius 3 is 1.50 bits per heavy atom. The first-order chi connectivity index (χ1) is 16.8. The van der Waals surface area contributed by atoms with Crippen LogP contribution in [0.2, 0.25) is 0 Å². The molecule has 0 radical (unpaired) electrons. The summed E-state index contributed by atoms with van der Waals surface area (Å²) in [6.07, 6.45) is 0. The van der Waals surface area contributed by atoms with Gasteiger partial charge in [0.15, 0.2) is 0 Å². The van der Waals surface area contributed by atoms with Gasteiger partial charge in [-0.2, -0.15) is 0 Å². The third kappa shape index (κ3) is 3.75. The van der Waals surface area contributed by atoms with E-state index >= 15 is 0 Å². The minimum absolute atomic E-state index is 1.33. The fourth-order valence-corrected chi connectivity index (χ4v) is 10.0. The van der Waals surface area contributed by atoms with Gasteiger partial charge in [-0.25, -0.2) is 0 Å². The Morgan fingerprint density at radius 2 is 0.912 bits per heavy atom. The lowest BCUT2D eigenvalue weighted by atomic mass is 10.1. The maximum Gasteiger partial charge on any atom is 0.0455 e. The molecule has 6 heterocycles. The average Bonchev–Trinajstić information content (AvgIpc) is 3.70. The van der Waals surface area contributed by atoms with Crippen LogP contribution in [0.4, 0.5) is 0 Å². The van der Waals surface area contributed by atoms with Gasteiger partial charge in [0.05, 0.1) is 0 Å². The number of thiophene rings is 6. The van der Waals surface area contributed by atoms with Crippen molar-refractivity contribution >= 4 is 78.1 Å². The van der Waals surface area contributed by atoms with Crippen molar-refractivity contribution in [2.24, 2.45) is 0 Å². The molecule has 0 nitrogen and oxygen atoms in total. The molecule has 7 rings (SSSR count). The van der Waals surface area contributed by atoms with Gasteiger partial charge in [0.1, 0.15) is 0 Å². The Hall–Kier alpha value is -2.32. The van der Waals surface area contributed by atoms with E-state index in [-0.39, 0.29) is 0 Å². The van der Waals surface area contributed by atoms with Gasteiger partial charge in [-0.1, -0.05) is 24.3 Å². The average molecular weight is 545 g/mol. The molecule has 34 heavy (non-hydrogen) atoms. The highest BCUT2D eigenvalue weighted by molar-refractivity contribution is 7.29. The highest BCUT2D eigenvalue weighted by Crippen LogP contribution is 2.46. The predicted molar refractivity (Wildman–Crippen MR) is 158 cm³/mol. The quantitative estimate of drug-likeness (QED) is 0.202. The van der Waals surface area contributed by atoms with Gasteiger partial charge in [0.2, 0.25) is 0 Å². The zero-order chi connectivity index (χ0) is 22.5. The van der Waals surface area contributed by atoms with E-state index in [0.29, 0.717) is 0 Å². The van der Waals surface area contributed by atoms with E-state index < -0.39 is 0 Å². The van der Waals surface area contributed by atoms with Crippen LogP contribution >= 0.6 is 68.0 Å². The van der Waals surface area contributed by atoms with Crippen molar-refractivity contribution in [3.8, 4) is 49.5 Å². The van der Waals surface area contributed by atoms with Crippen LogP contribution in [-0.2, 0) is 0 Å². The maximum atomic E-state index is 2.39. The van der Waals surface area contributed by atoms with Crippen molar-refractivity contribution in [2.75, 3.05) is 0 Å². The van der Waals surface area contributed by atoms with Gasteiger partial charge < -0.3 is 0 Å². The Kier molecular flexibility index (Phi) is 5.38. The monoisotopic (exact) mass is 544 g/mol. The summed E-state index contributed by atoms with van der Waals surface area (Å²) in [6.45, 7) is 0. The van der Waals surface area contributed by atoms with E-state index in [2.05, 4.69) is 95.7 Å². The fraction of sp³-hybridized carbons (Fsp3) is 0. The third-order valence-electron chi connectivity index (χ3n) is 5.66. The van der Waals surface area contributed by atoms with E-state index in [0.717, 1.165) is 0 Å². The fourth-order valence-electron chi connectivity index (χ4n) is 4.06. The second kappa shape index (κ2) is 8.72. The molecule has 0 unspecified atom stereocenters. The second-order valence-electron chi connectivity index (χ2n) is 7.77. The number of hydrogen-bond acceptors (Lipinski definition) is 6. The van der Waals surface area contributed by atoms with Gasteiger partial charge >= 0.3 is 0 Å². The molecule has 0 bridgehead atoms. The Balaban J connectivity index is 1.24. The van der Waals surface area contributed by atoms with E-state index in [1.165, 1.54) is 59.5 Å². The van der Waals surface area contributed by atoms with Crippen LogP contribution in [0.3, 0.4) is 0 Å². The first kappa shape index (κ1) is 21.0. The number of benzene rings is 1. The molecule has 0 aliphatic heterocycles. The summed E-state index contributed by atoms with van der Waals surface area (Å²) < 4.78 is 1.35. The molecule has 6 aromatic heterocycles. The summed E-state index contributed by atoms with van der Waals surface area (Å²) in [5.41, 5.74) is 1.33. The van der Waals surface area contributed by atoms with Gasteiger partial charge in [0.25, 0.3) is 0 Å². The summed E-state index contributed by atoms with van der Waals surface area (Å²) in [6, 6.07) is 31.4. The Bertz CT molecular complexity index is 1700. The molecule has 0 atom stereocenters. The lowest BCUT2D eigenvalue weighted by Gasteiger charge is -1.99. The molecule has 0 spiro atoms. The normalized spacial score (nSPS) is 11.5. The van der Waals surface area contributed by atoms with Crippen molar-refractivity contribution in [3.05, 3.63) is 95.7 Å². The van der Waals surface area contributed by atoms with Crippen LogP contribution in [-0.4, -0.2) is 0 Å². The largest absolute Gasteiger partial charge is 0.143 e. The van der Waals surface area contributed by atoms with Crippen molar-refractivity contribution < 1.29 is 0 Å². The minimum Gasteiger partial charge on any atom is -0.143 e. The van der Waals surface area contributed by atoms with E-state index in [4.69, 9.17) is 0 Å². The summed E-state index contributed by atoms with van der Waals surface area (Å²) >= 11 is 11.2. The first-order valence-corrected chi connectivity index (χ1v) is 15.8. The van der Waals surface area contributed by atoms with Gasteiger partial charge in [-0.3, -0.25) is 0 Å². The molecule has 0 amide bonds. The first-order valence-electron chi connectivity index (χ1n) is 10.7. The topological polar surface area (TPSA) is 0 Å². The predicted octanol–water partition coefficient (Wildman–Crippen LogP) is 11.5. The van der Waals surface area contributed by atoms with E-state index in [9.17, 15) is 0 Å². The zero-order valence-electron chi connectivity index (χ0n) is 17.7. The molecule has 0 fully saturated rings. The molecule has 7 aromatic rings. The van der Waals surface area contributed by atoms with Gasteiger partial charge in [0, 0.05) is 59.5 Å². The molecular formula is C28H16S6. The van der Waals surface area contributed by atoms with Crippen LogP contribution in [0.5, 0.6) is 0 Å². The van der Waals surface area contributed by atoms with Crippen molar-refractivity contribution in [1.29, 1.82) is 0 Å². The molecule has 0 saturated carbocycles. The van der Waals surface area contributed by atoms with Crippen LogP contribution in [0.15, 0.2) is 95.7 Å². The molecule has 0 saturated heterocycles. The van der Waals surface area contributed by atoms with Crippen molar-refractivity contribution in [1.82, 2.24) is 0 Å². The van der Waals surface area contributed by atoms with E-state index in [1.54, 1.807) is 22.7 Å². The summed E-state index contributed by atoms with van der Waals surface area (Å²) in [5.74, 6) is 0. The molecule has 164 valence electrons. The minimum atomic E-state index is 1.33. The number of rotatable bonds is 5. The smallest absolute Gasteiger partial charge is 0.0455 e. The van der Waals surface area contributed by atoms with Crippen LogP contribution in [0, 0.1) is 0 Å². The molecule has 0 aliphatic rings. The SMILES string of the molecule is c1csc(-c2ccc(-c3ccc(-c4cccc5sc(-c6ccc(-c7cccs7)s6)cc45)s3)s2)c1. The molecule has 6 heteroatoms. The van der Waals surface area contributed by atoms with Gasteiger partial charge in [-0.05, 0) is 71.4 Å².